The average molecular weight is 336 g/mol. The van der Waals surface area contributed by atoms with Gasteiger partial charge in [0.1, 0.15) is 11.0 Å². The maximum atomic E-state index is 12.8. The van der Waals surface area contributed by atoms with Crippen molar-refractivity contribution in [3.05, 3.63) is 64.7 Å². The Hall–Kier alpha value is -2.60. The molecule has 3 aromatic heterocycles. The minimum absolute atomic E-state index is 0.0257. The second kappa shape index (κ2) is 6.13. The molecule has 0 saturated carbocycles. The van der Waals surface area contributed by atoms with E-state index < -0.39 is 0 Å². The minimum atomic E-state index is -0.0257. The van der Waals surface area contributed by atoms with Crippen LogP contribution in [-0.4, -0.2) is 19.5 Å². The zero-order chi connectivity index (χ0) is 16.5. The fourth-order valence-corrected chi connectivity index (χ4v) is 3.76. The van der Waals surface area contributed by atoms with Gasteiger partial charge in [0.15, 0.2) is 5.16 Å². The monoisotopic (exact) mass is 336 g/mol. The van der Waals surface area contributed by atoms with E-state index in [1.807, 2.05) is 49.4 Å². The van der Waals surface area contributed by atoms with Crippen molar-refractivity contribution >= 4 is 33.7 Å². The second-order valence-electron chi connectivity index (χ2n) is 5.45. The molecule has 4 rings (SSSR count). The van der Waals surface area contributed by atoms with Crippen molar-refractivity contribution < 1.29 is 0 Å². The Morgan fingerprint density at radius 3 is 2.79 bits per heavy atom. The first kappa shape index (κ1) is 15.0. The molecule has 4 aromatic rings. The van der Waals surface area contributed by atoms with Crippen LogP contribution in [0.4, 0.5) is 0 Å². The number of rotatable bonds is 4. The van der Waals surface area contributed by atoms with E-state index in [4.69, 9.17) is 4.98 Å². The number of para-hydroxylation sites is 1. The van der Waals surface area contributed by atoms with Gasteiger partial charge in [0, 0.05) is 29.4 Å². The van der Waals surface area contributed by atoms with Crippen LogP contribution in [0.25, 0.3) is 21.9 Å². The summed E-state index contributed by atoms with van der Waals surface area (Å²) in [4.78, 5) is 25.1. The highest BCUT2D eigenvalue weighted by Gasteiger charge is 2.15. The van der Waals surface area contributed by atoms with Crippen LogP contribution in [0, 0.1) is 0 Å². The highest BCUT2D eigenvalue weighted by molar-refractivity contribution is 7.98. The van der Waals surface area contributed by atoms with Gasteiger partial charge in [-0.05, 0) is 25.1 Å². The zero-order valence-corrected chi connectivity index (χ0v) is 14.0. The lowest BCUT2D eigenvalue weighted by atomic mass is 10.2. The summed E-state index contributed by atoms with van der Waals surface area (Å²) < 4.78 is 1.71. The number of nitrogens with one attached hydrogen (secondary N) is 1. The Balaban J connectivity index is 1.84. The van der Waals surface area contributed by atoms with Crippen LogP contribution in [0.3, 0.4) is 0 Å². The van der Waals surface area contributed by atoms with Gasteiger partial charge in [-0.2, -0.15) is 0 Å². The van der Waals surface area contributed by atoms with E-state index in [1.54, 1.807) is 22.5 Å². The zero-order valence-electron chi connectivity index (χ0n) is 13.2. The van der Waals surface area contributed by atoms with E-state index in [-0.39, 0.29) is 5.56 Å². The van der Waals surface area contributed by atoms with Crippen LogP contribution in [0.1, 0.15) is 12.6 Å². The standard InChI is InChI=1S/C18H16N4OS/c1-2-22-17(23)16-15(13-8-3-4-9-14(13)20-16)21-18(22)24-11-12-7-5-6-10-19-12/h3-10,20H,2,11H2,1H3. The molecule has 6 heteroatoms. The molecule has 0 spiro atoms. The topological polar surface area (TPSA) is 63.6 Å². The summed E-state index contributed by atoms with van der Waals surface area (Å²) in [6.07, 6.45) is 1.78. The van der Waals surface area contributed by atoms with Gasteiger partial charge in [-0.15, -0.1) is 0 Å². The smallest absolute Gasteiger partial charge is 0.278 e. The first-order valence-corrected chi connectivity index (χ1v) is 8.80. The average Bonchev–Trinajstić information content (AvgIpc) is 3.00. The predicted molar refractivity (Wildman–Crippen MR) is 97.3 cm³/mol. The first-order chi connectivity index (χ1) is 11.8. The maximum Gasteiger partial charge on any atom is 0.278 e. The molecule has 0 aliphatic heterocycles. The first-order valence-electron chi connectivity index (χ1n) is 7.82. The number of hydrogen-bond donors (Lipinski definition) is 1. The summed E-state index contributed by atoms with van der Waals surface area (Å²) in [5, 5.41) is 1.71. The van der Waals surface area contributed by atoms with E-state index in [0.29, 0.717) is 17.8 Å². The normalized spacial score (nSPS) is 11.4. The quantitative estimate of drug-likeness (QED) is 0.457. The molecule has 0 bridgehead atoms. The van der Waals surface area contributed by atoms with Gasteiger partial charge < -0.3 is 4.98 Å². The number of pyridine rings is 1. The largest absolute Gasteiger partial charge is 0.349 e. The molecule has 120 valence electrons. The minimum Gasteiger partial charge on any atom is -0.349 e. The van der Waals surface area contributed by atoms with Crippen molar-refractivity contribution in [1.29, 1.82) is 0 Å². The van der Waals surface area contributed by atoms with Crippen molar-refractivity contribution in [3.8, 4) is 0 Å². The number of aromatic nitrogens is 4. The van der Waals surface area contributed by atoms with Crippen molar-refractivity contribution in [1.82, 2.24) is 19.5 Å². The van der Waals surface area contributed by atoms with Crippen LogP contribution in [-0.2, 0) is 12.3 Å². The number of H-pyrrole nitrogens is 1. The summed E-state index contributed by atoms with van der Waals surface area (Å²) in [5.41, 5.74) is 3.19. The lowest BCUT2D eigenvalue weighted by Gasteiger charge is -2.09. The van der Waals surface area contributed by atoms with Crippen LogP contribution in [0.15, 0.2) is 58.6 Å². The van der Waals surface area contributed by atoms with Gasteiger partial charge in [0.05, 0.1) is 5.69 Å². The molecule has 0 saturated heterocycles. The lowest BCUT2D eigenvalue weighted by Crippen LogP contribution is -2.22. The molecule has 1 aromatic carbocycles. The highest BCUT2D eigenvalue weighted by Crippen LogP contribution is 2.25. The maximum absolute atomic E-state index is 12.8. The fraction of sp³-hybridized carbons (Fsp3) is 0.167. The van der Waals surface area contributed by atoms with Crippen molar-refractivity contribution in [2.45, 2.75) is 24.4 Å². The molecular formula is C18H16N4OS. The van der Waals surface area contributed by atoms with Gasteiger partial charge in [0.25, 0.3) is 5.56 Å². The Morgan fingerprint density at radius 2 is 2.00 bits per heavy atom. The SMILES string of the molecule is CCn1c(SCc2ccccn2)nc2c([nH]c3ccccc32)c1=O. The van der Waals surface area contributed by atoms with Crippen LogP contribution in [0.2, 0.25) is 0 Å². The molecule has 24 heavy (non-hydrogen) atoms. The van der Waals surface area contributed by atoms with Crippen molar-refractivity contribution in [2.24, 2.45) is 0 Å². The molecule has 0 unspecified atom stereocenters. The number of benzene rings is 1. The molecule has 5 nitrogen and oxygen atoms in total. The number of aromatic amines is 1. The van der Waals surface area contributed by atoms with Crippen molar-refractivity contribution in [2.75, 3.05) is 0 Å². The third-order valence-corrected chi connectivity index (χ3v) is 4.98. The van der Waals surface area contributed by atoms with E-state index in [9.17, 15) is 4.79 Å². The third kappa shape index (κ3) is 2.49. The summed E-state index contributed by atoms with van der Waals surface area (Å²) in [7, 11) is 0. The van der Waals surface area contributed by atoms with E-state index in [1.165, 1.54) is 0 Å². The predicted octanol–water partition coefficient (Wildman–Crippen LogP) is 3.59. The molecule has 3 heterocycles. The molecule has 0 atom stereocenters. The molecule has 0 aliphatic carbocycles. The highest BCUT2D eigenvalue weighted by atomic mass is 32.2. The molecule has 0 radical (unpaired) electrons. The second-order valence-corrected chi connectivity index (χ2v) is 6.39. The summed E-state index contributed by atoms with van der Waals surface area (Å²) >= 11 is 1.54. The Morgan fingerprint density at radius 1 is 1.17 bits per heavy atom. The van der Waals surface area contributed by atoms with E-state index >= 15 is 0 Å². The Bertz CT molecular complexity index is 1070. The van der Waals surface area contributed by atoms with Crippen LogP contribution in [0.5, 0.6) is 0 Å². The van der Waals surface area contributed by atoms with Crippen LogP contribution < -0.4 is 5.56 Å². The van der Waals surface area contributed by atoms with Crippen molar-refractivity contribution in [3.63, 3.8) is 0 Å². The molecule has 0 amide bonds. The molecular weight excluding hydrogens is 320 g/mol. The van der Waals surface area contributed by atoms with Gasteiger partial charge in [-0.25, -0.2) is 4.98 Å². The number of hydrogen-bond acceptors (Lipinski definition) is 4. The summed E-state index contributed by atoms with van der Waals surface area (Å²) in [5.74, 6) is 0.682. The third-order valence-electron chi connectivity index (χ3n) is 3.97. The van der Waals surface area contributed by atoms with Gasteiger partial charge >= 0.3 is 0 Å². The lowest BCUT2D eigenvalue weighted by molar-refractivity contribution is 0.634. The van der Waals surface area contributed by atoms with Gasteiger partial charge in [-0.3, -0.25) is 14.3 Å². The number of fused-ring (bicyclic) bond motifs is 3. The molecule has 0 fully saturated rings. The molecule has 1 N–H and O–H groups in total. The van der Waals surface area contributed by atoms with E-state index in [0.717, 1.165) is 27.3 Å². The van der Waals surface area contributed by atoms with Gasteiger partial charge in [0.2, 0.25) is 0 Å². The summed E-state index contributed by atoms with van der Waals surface area (Å²) in [6, 6.07) is 13.7. The fourth-order valence-electron chi connectivity index (χ4n) is 2.79. The Kier molecular flexibility index (Phi) is 3.82. The number of nitrogens with zero attached hydrogens (tertiary/aromatic N) is 3. The van der Waals surface area contributed by atoms with Crippen LogP contribution >= 0.6 is 11.8 Å². The van der Waals surface area contributed by atoms with E-state index in [2.05, 4.69) is 9.97 Å². The molecule has 0 aliphatic rings. The van der Waals surface area contributed by atoms with Gasteiger partial charge in [-0.1, -0.05) is 36.0 Å². The summed E-state index contributed by atoms with van der Waals surface area (Å²) in [6.45, 7) is 2.55. The Labute approximate surface area is 142 Å². The number of thioether (sulfide) groups is 1.